The van der Waals surface area contributed by atoms with Gasteiger partial charge in [-0.3, -0.25) is 9.78 Å². The Morgan fingerprint density at radius 2 is 2.27 bits per heavy atom. The largest absolute Gasteiger partial charge is 0.369 e. The quantitative estimate of drug-likeness (QED) is 0.589. The van der Waals surface area contributed by atoms with Gasteiger partial charge >= 0.3 is 0 Å². The van der Waals surface area contributed by atoms with Crippen molar-refractivity contribution in [2.24, 2.45) is 10.7 Å². The maximum atomic E-state index is 11.8. The summed E-state index contributed by atoms with van der Waals surface area (Å²) in [6.07, 6.45) is -0.00842. The molecule has 2 rings (SSSR count). The molecule has 0 bridgehead atoms. The number of para-hydroxylation sites is 1. The Hall–Kier alpha value is -2.85. The van der Waals surface area contributed by atoms with Crippen molar-refractivity contribution in [1.82, 2.24) is 9.97 Å². The summed E-state index contributed by atoms with van der Waals surface area (Å²) in [5, 5.41) is 12.0. The summed E-state index contributed by atoms with van der Waals surface area (Å²) in [5.74, 6) is 0.0879. The Labute approximate surface area is 131 Å². The van der Waals surface area contributed by atoms with Crippen molar-refractivity contribution in [3.8, 4) is 6.07 Å². The third kappa shape index (κ3) is 3.62. The molecule has 0 aliphatic rings. The van der Waals surface area contributed by atoms with Gasteiger partial charge in [0.2, 0.25) is 11.9 Å². The Bertz CT molecular complexity index is 821. The van der Waals surface area contributed by atoms with E-state index in [0.29, 0.717) is 22.0 Å². The molecular formula is C14H13ClN6O. The Morgan fingerprint density at radius 3 is 2.91 bits per heavy atom. The fourth-order valence-electron chi connectivity index (χ4n) is 1.78. The van der Waals surface area contributed by atoms with Gasteiger partial charge in [0.1, 0.15) is 0 Å². The molecule has 0 amide bonds. The molecule has 0 saturated heterocycles. The number of hydrogen-bond acceptors (Lipinski definition) is 4. The number of anilines is 1. The van der Waals surface area contributed by atoms with E-state index in [9.17, 15) is 4.79 Å². The molecule has 0 aliphatic heterocycles. The standard InChI is InChI=1S/C14H13ClN6O/c1-8-9(6-7-16)12(22)20-14(18-8)21-13(17)19-11-5-3-2-4-10(11)15/h2-5H,6H2,1H3,(H4,17,18,19,20,21,22). The number of aryl methyl sites for hydroxylation is 1. The first-order chi connectivity index (χ1) is 10.5. The molecule has 4 N–H and O–H groups in total. The molecule has 1 aromatic heterocycles. The van der Waals surface area contributed by atoms with Crippen LogP contribution in [-0.2, 0) is 6.42 Å². The molecule has 0 unspecified atom stereocenters. The molecule has 0 aliphatic carbocycles. The Balaban J connectivity index is 2.28. The summed E-state index contributed by atoms with van der Waals surface area (Å²) < 4.78 is 0. The van der Waals surface area contributed by atoms with Gasteiger partial charge in [0.25, 0.3) is 5.56 Å². The molecule has 0 saturated carbocycles. The van der Waals surface area contributed by atoms with Gasteiger partial charge in [0, 0.05) is 0 Å². The van der Waals surface area contributed by atoms with E-state index in [-0.39, 0.29) is 18.3 Å². The lowest BCUT2D eigenvalue weighted by atomic mass is 10.2. The predicted octanol–water partition coefficient (Wildman–Crippen LogP) is 1.86. The molecule has 22 heavy (non-hydrogen) atoms. The van der Waals surface area contributed by atoms with Gasteiger partial charge in [-0.05, 0) is 19.1 Å². The Kier molecular flexibility index (Phi) is 4.76. The maximum Gasteiger partial charge on any atom is 0.256 e. The van der Waals surface area contributed by atoms with Gasteiger partial charge in [-0.25, -0.2) is 4.98 Å². The zero-order valence-corrected chi connectivity index (χ0v) is 12.5. The van der Waals surface area contributed by atoms with Crippen molar-refractivity contribution in [3.05, 3.63) is 50.9 Å². The number of H-pyrrole nitrogens is 1. The molecule has 8 heteroatoms. The van der Waals surface area contributed by atoms with E-state index in [1.54, 1.807) is 31.2 Å². The monoisotopic (exact) mass is 316 g/mol. The second-order valence-corrected chi connectivity index (χ2v) is 4.80. The van der Waals surface area contributed by atoms with E-state index in [1.807, 2.05) is 6.07 Å². The van der Waals surface area contributed by atoms with Gasteiger partial charge in [-0.2, -0.15) is 10.3 Å². The molecular weight excluding hydrogens is 304 g/mol. The van der Waals surface area contributed by atoms with Crippen molar-refractivity contribution >= 4 is 29.2 Å². The topological polar surface area (TPSA) is 120 Å². The second kappa shape index (κ2) is 6.74. The average Bonchev–Trinajstić information content (AvgIpc) is 2.45. The van der Waals surface area contributed by atoms with Crippen LogP contribution < -0.4 is 16.6 Å². The third-order valence-corrected chi connectivity index (χ3v) is 3.16. The molecule has 1 aromatic carbocycles. The molecule has 0 atom stereocenters. The number of hydrogen-bond donors (Lipinski definition) is 3. The van der Waals surface area contributed by atoms with Crippen LogP contribution in [0, 0.1) is 18.3 Å². The van der Waals surface area contributed by atoms with Crippen molar-refractivity contribution < 1.29 is 0 Å². The number of rotatable bonds is 3. The number of halogens is 1. The van der Waals surface area contributed by atoms with Gasteiger partial charge in [0.15, 0.2) is 0 Å². The molecule has 0 fully saturated rings. The van der Waals surface area contributed by atoms with E-state index < -0.39 is 5.56 Å². The van der Waals surface area contributed by atoms with Gasteiger partial charge in [-0.15, -0.1) is 0 Å². The minimum absolute atomic E-state index is 0.00842. The first-order valence-electron chi connectivity index (χ1n) is 6.33. The highest BCUT2D eigenvalue weighted by atomic mass is 35.5. The van der Waals surface area contributed by atoms with E-state index in [0.717, 1.165) is 0 Å². The first-order valence-corrected chi connectivity index (χ1v) is 6.71. The normalized spacial score (nSPS) is 11.0. The lowest BCUT2D eigenvalue weighted by molar-refractivity contribution is 0.987. The third-order valence-electron chi connectivity index (χ3n) is 2.83. The van der Waals surface area contributed by atoms with Crippen LogP contribution in [0.4, 0.5) is 11.6 Å². The van der Waals surface area contributed by atoms with E-state index in [1.165, 1.54) is 0 Å². The fraction of sp³-hybridized carbons (Fsp3) is 0.143. The highest BCUT2D eigenvalue weighted by molar-refractivity contribution is 6.33. The second-order valence-electron chi connectivity index (χ2n) is 4.39. The zero-order chi connectivity index (χ0) is 16.1. The number of aliphatic imine (C=N–C) groups is 1. The minimum Gasteiger partial charge on any atom is -0.369 e. The Morgan fingerprint density at radius 1 is 1.55 bits per heavy atom. The number of benzene rings is 1. The first kappa shape index (κ1) is 15.5. The summed E-state index contributed by atoms with van der Waals surface area (Å²) in [6.45, 7) is 1.64. The van der Waals surface area contributed by atoms with E-state index in [2.05, 4.69) is 20.3 Å². The molecule has 0 radical (unpaired) electrons. The van der Waals surface area contributed by atoms with Crippen LogP contribution in [0.5, 0.6) is 0 Å². The van der Waals surface area contributed by atoms with Crippen LogP contribution in [-0.4, -0.2) is 15.9 Å². The minimum atomic E-state index is -0.404. The van der Waals surface area contributed by atoms with Crippen LogP contribution in [0.2, 0.25) is 5.02 Å². The number of nitrogens with two attached hydrogens (primary N) is 1. The van der Waals surface area contributed by atoms with Crippen molar-refractivity contribution in [1.29, 1.82) is 5.26 Å². The number of nitrogens with zero attached hydrogens (tertiary/aromatic N) is 3. The number of guanidine groups is 1. The summed E-state index contributed by atoms with van der Waals surface area (Å²) in [6, 6.07) is 8.94. The summed E-state index contributed by atoms with van der Waals surface area (Å²) >= 11 is 6.00. The van der Waals surface area contributed by atoms with Crippen molar-refractivity contribution in [3.63, 3.8) is 0 Å². The molecule has 0 spiro atoms. The number of aromatic nitrogens is 2. The fourth-order valence-corrected chi connectivity index (χ4v) is 1.96. The van der Waals surface area contributed by atoms with Crippen LogP contribution >= 0.6 is 11.6 Å². The van der Waals surface area contributed by atoms with Crippen LogP contribution in [0.3, 0.4) is 0 Å². The highest BCUT2D eigenvalue weighted by Gasteiger charge is 2.08. The van der Waals surface area contributed by atoms with Crippen LogP contribution in [0.1, 0.15) is 11.3 Å². The number of aromatic amines is 1. The van der Waals surface area contributed by atoms with Crippen LogP contribution in [0.15, 0.2) is 34.1 Å². The lowest BCUT2D eigenvalue weighted by Crippen LogP contribution is -2.23. The van der Waals surface area contributed by atoms with Crippen LogP contribution in [0.25, 0.3) is 0 Å². The number of nitriles is 1. The van der Waals surface area contributed by atoms with E-state index in [4.69, 9.17) is 22.6 Å². The lowest BCUT2D eigenvalue weighted by Gasteiger charge is -2.07. The zero-order valence-electron chi connectivity index (χ0n) is 11.7. The molecule has 1 heterocycles. The van der Waals surface area contributed by atoms with Gasteiger partial charge < -0.3 is 11.1 Å². The van der Waals surface area contributed by atoms with E-state index >= 15 is 0 Å². The smallest absolute Gasteiger partial charge is 0.256 e. The van der Waals surface area contributed by atoms with Gasteiger partial charge in [0.05, 0.1) is 34.5 Å². The summed E-state index contributed by atoms with van der Waals surface area (Å²) in [4.78, 5) is 22.4. The van der Waals surface area contributed by atoms with Gasteiger partial charge in [-0.1, -0.05) is 23.7 Å². The maximum absolute atomic E-state index is 11.8. The number of nitrogens with one attached hydrogen (secondary N) is 2. The summed E-state index contributed by atoms with van der Waals surface area (Å²) in [5.41, 5.74) is 6.71. The van der Waals surface area contributed by atoms with Crippen molar-refractivity contribution in [2.45, 2.75) is 13.3 Å². The highest BCUT2D eigenvalue weighted by Crippen LogP contribution is 2.20. The van der Waals surface area contributed by atoms with Crippen molar-refractivity contribution in [2.75, 3.05) is 5.32 Å². The SMILES string of the molecule is Cc1nc(N=C(N)Nc2ccccc2Cl)[nH]c(=O)c1CC#N. The average molecular weight is 317 g/mol. The molecule has 112 valence electrons. The molecule has 7 nitrogen and oxygen atoms in total. The predicted molar refractivity (Wildman–Crippen MR) is 85.3 cm³/mol. The molecule has 2 aromatic rings. The summed E-state index contributed by atoms with van der Waals surface area (Å²) in [7, 11) is 0.